The van der Waals surface area contributed by atoms with Crippen molar-refractivity contribution in [2.24, 2.45) is 5.92 Å². The maximum absolute atomic E-state index is 12.3. The Kier molecular flexibility index (Phi) is 6.93. The zero-order valence-corrected chi connectivity index (χ0v) is 13.8. The minimum absolute atomic E-state index is 0.368. The molecule has 2 aliphatic rings. The predicted molar refractivity (Wildman–Crippen MR) is 86.4 cm³/mol. The van der Waals surface area contributed by atoms with Gasteiger partial charge in [0.1, 0.15) is 0 Å². The number of carbonyl (C=O) groups excluding carboxylic acids is 1. The summed E-state index contributed by atoms with van der Waals surface area (Å²) in [7, 11) is 4.22. The van der Waals surface area contributed by atoms with Crippen molar-refractivity contribution in [2.45, 2.75) is 25.7 Å². The van der Waals surface area contributed by atoms with Gasteiger partial charge in [-0.15, -0.1) is 0 Å². The second-order valence-electron chi connectivity index (χ2n) is 6.78. The van der Waals surface area contributed by atoms with Crippen LogP contribution in [0.15, 0.2) is 0 Å². The first-order chi connectivity index (χ1) is 10.1. The Balaban J connectivity index is 1.61. The molecule has 0 radical (unpaired) electrons. The first kappa shape index (κ1) is 16.7. The van der Waals surface area contributed by atoms with E-state index in [4.69, 9.17) is 0 Å². The summed E-state index contributed by atoms with van der Waals surface area (Å²) >= 11 is 0. The van der Waals surface area contributed by atoms with E-state index in [2.05, 4.69) is 34.1 Å². The summed E-state index contributed by atoms with van der Waals surface area (Å²) in [5.41, 5.74) is 0. The Labute approximate surface area is 129 Å². The molecule has 0 spiro atoms. The molecule has 21 heavy (non-hydrogen) atoms. The van der Waals surface area contributed by atoms with Gasteiger partial charge in [0, 0.05) is 45.7 Å². The minimum atomic E-state index is 0.368. The highest BCUT2D eigenvalue weighted by molar-refractivity contribution is 5.76. The fourth-order valence-electron chi connectivity index (χ4n) is 3.22. The maximum atomic E-state index is 12.3. The van der Waals surface area contributed by atoms with Gasteiger partial charge in [-0.25, -0.2) is 0 Å². The van der Waals surface area contributed by atoms with Crippen LogP contribution in [0.3, 0.4) is 0 Å². The number of carbonyl (C=O) groups is 1. The van der Waals surface area contributed by atoms with Crippen LogP contribution in [0.1, 0.15) is 25.7 Å². The molecule has 0 aromatic rings. The molecular formula is C16H32N4O. The number of likely N-dealkylation sites (N-methyl/N-ethyl adjacent to an activating group) is 1. The molecule has 1 unspecified atom stereocenters. The smallest absolute Gasteiger partial charge is 0.222 e. The fraction of sp³-hybridized carbons (Fsp3) is 0.938. The zero-order valence-electron chi connectivity index (χ0n) is 13.8. The summed E-state index contributed by atoms with van der Waals surface area (Å²) in [6.45, 7) is 8.36. The molecule has 2 rings (SSSR count). The van der Waals surface area contributed by atoms with Gasteiger partial charge in [-0.2, -0.15) is 0 Å². The van der Waals surface area contributed by atoms with E-state index < -0.39 is 0 Å². The van der Waals surface area contributed by atoms with Crippen LogP contribution in [0, 0.1) is 5.92 Å². The summed E-state index contributed by atoms with van der Waals surface area (Å²) in [4.78, 5) is 19.0. The molecule has 5 heteroatoms. The van der Waals surface area contributed by atoms with Gasteiger partial charge >= 0.3 is 0 Å². The highest BCUT2D eigenvalue weighted by atomic mass is 16.2. The largest absolute Gasteiger partial charge is 0.340 e. The maximum Gasteiger partial charge on any atom is 0.222 e. The van der Waals surface area contributed by atoms with E-state index in [0.29, 0.717) is 11.8 Å². The summed E-state index contributed by atoms with van der Waals surface area (Å²) in [5, 5.41) is 3.43. The molecule has 2 saturated heterocycles. The third-order valence-corrected chi connectivity index (χ3v) is 4.75. The van der Waals surface area contributed by atoms with Crippen LogP contribution in [0.4, 0.5) is 0 Å². The fourth-order valence-corrected chi connectivity index (χ4v) is 3.22. The van der Waals surface area contributed by atoms with Crippen molar-refractivity contribution in [3.8, 4) is 0 Å². The van der Waals surface area contributed by atoms with Crippen molar-refractivity contribution in [3.63, 3.8) is 0 Å². The molecule has 0 aromatic carbocycles. The Morgan fingerprint density at radius 1 is 1.24 bits per heavy atom. The quantitative estimate of drug-likeness (QED) is 0.773. The van der Waals surface area contributed by atoms with Crippen LogP contribution in [0.5, 0.6) is 0 Å². The van der Waals surface area contributed by atoms with Crippen molar-refractivity contribution < 1.29 is 4.79 Å². The Morgan fingerprint density at radius 3 is 2.62 bits per heavy atom. The third kappa shape index (κ3) is 5.93. The molecule has 2 fully saturated rings. The van der Waals surface area contributed by atoms with E-state index in [0.717, 1.165) is 65.2 Å². The summed E-state index contributed by atoms with van der Waals surface area (Å²) < 4.78 is 0. The number of piperazine rings is 1. The first-order valence-corrected chi connectivity index (χ1v) is 8.50. The molecule has 1 amide bonds. The molecule has 0 aromatic heterocycles. The second kappa shape index (κ2) is 8.71. The van der Waals surface area contributed by atoms with Gasteiger partial charge in [0.2, 0.25) is 5.91 Å². The summed E-state index contributed by atoms with van der Waals surface area (Å²) in [5.74, 6) is 1.08. The van der Waals surface area contributed by atoms with Crippen molar-refractivity contribution in [3.05, 3.63) is 0 Å². The van der Waals surface area contributed by atoms with E-state index >= 15 is 0 Å². The number of rotatable bonds is 6. The van der Waals surface area contributed by atoms with Gasteiger partial charge in [0.25, 0.3) is 0 Å². The number of amides is 1. The molecule has 5 nitrogen and oxygen atoms in total. The van der Waals surface area contributed by atoms with Crippen LogP contribution in [0.2, 0.25) is 0 Å². The highest BCUT2D eigenvalue weighted by Crippen LogP contribution is 2.17. The molecule has 122 valence electrons. The van der Waals surface area contributed by atoms with Crippen molar-refractivity contribution in [1.29, 1.82) is 0 Å². The van der Waals surface area contributed by atoms with Gasteiger partial charge in [0.05, 0.1) is 0 Å². The number of piperidine rings is 1. The number of nitrogens with zero attached hydrogens (tertiary/aromatic N) is 3. The lowest BCUT2D eigenvalue weighted by atomic mass is 9.94. The molecular weight excluding hydrogens is 264 g/mol. The van der Waals surface area contributed by atoms with Crippen LogP contribution < -0.4 is 5.32 Å². The number of hydrogen-bond acceptors (Lipinski definition) is 4. The predicted octanol–water partition coefficient (Wildman–Crippen LogP) is 0.472. The Bertz CT molecular complexity index is 307. The zero-order chi connectivity index (χ0) is 15.1. The minimum Gasteiger partial charge on any atom is -0.340 e. The van der Waals surface area contributed by atoms with Gasteiger partial charge in [-0.1, -0.05) is 0 Å². The van der Waals surface area contributed by atoms with E-state index in [1.807, 2.05) is 0 Å². The molecule has 1 atom stereocenters. The molecule has 0 aliphatic carbocycles. The lowest BCUT2D eigenvalue weighted by Crippen LogP contribution is -2.50. The number of nitrogens with one attached hydrogen (secondary N) is 1. The molecule has 2 heterocycles. The molecule has 0 saturated carbocycles. The lowest BCUT2D eigenvalue weighted by molar-refractivity contribution is -0.133. The third-order valence-electron chi connectivity index (χ3n) is 4.75. The highest BCUT2D eigenvalue weighted by Gasteiger charge is 2.22. The average molecular weight is 296 g/mol. The second-order valence-corrected chi connectivity index (χ2v) is 6.78. The van der Waals surface area contributed by atoms with E-state index in [-0.39, 0.29) is 0 Å². The van der Waals surface area contributed by atoms with Crippen LogP contribution in [-0.4, -0.2) is 87.1 Å². The summed E-state index contributed by atoms with van der Waals surface area (Å²) in [6, 6.07) is 0. The van der Waals surface area contributed by atoms with Crippen molar-refractivity contribution in [2.75, 3.05) is 66.5 Å². The lowest BCUT2D eigenvalue weighted by Gasteiger charge is -2.35. The van der Waals surface area contributed by atoms with E-state index in [1.165, 1.54) is 12.8 Å². The SMILES string of the molecule is CN(C)CCN1CCN(C(=O)CCC2CCCNC2)CC1. The first-order valence-electron chi connectivity index (χ1n) is 8.50. The molecule has 0 bridgehead atoms. The monoisotopic (exact) mass is 296 g/mol. The van der Waals surface area contributed by atoms with Crippen molar-refractivity contribution >= 4 is 5.91 Å². The van der Waals surface area contributed by atoms with Crippen LogP contribution in [0.25, 0.3) is 0 Å². The summed E-state index contributed by atoms with van der Waals surface area (Å²) in [6.07, 6.45) is 4.36. The topological polar surface area (TPSA) is 38.8 Å². The van der Waals surface area contributed by atoms with Gasteiger partial charge in [-0.3, -0.25) is 9.69 Å². The number of hydrogen-bond donors (Lipinski definition) is 1. The van der Waals surface area contributed by atoms with Gasteiger partial charge in [-0.05, 0) is 52.4 Å². The van der Waals surface area contributed by atoms with Gasteiger partial charge in [0.15, 0.2) is 0 Å². The standard InChI is InChI=1S/C16H32N4O/c1-18(2)8-9-19-10-12-20(13-11-19)16(21)6-5-15-4-3-7-17-14-15/h15,17H,3-14H2,1-2H3. The van der Waals surface area contributed by atoms with Crippen LogP contribution in [-0.2, 0) is 4.79 Å². The van der Waals surface area contributed by atoms with E-state index in [9.17, 15) is 4.79 Å². The van der Waals surface area contributed by atoms with E-state index in [1.54, 1.807) is 0 Å². The average Bonchev–Trinajstić information content (AvgIpc) is 2.52. The Morgan fingerprint density at radius 2 is 2.00 bits per heavy atom. The van der Waals surface area contributed by atoms with Gasteiger partial charge < -0.3 is 15.1 Å². The Hall–Kier alpha value is -0.650. The van der Waals surface area contributed by atoms with Crippen molar-refractivity contribution in [1.82, 2.24) is 20.0 Å². The van der Waals surface area contributed by atoms with Crippen LogP contribution >= 0.6 is 0 Å². The molecule has 1 N–H and O–H groups in total. The normalized spacial score (nSPS) is 24.5. The molecule has 2 aliphatic heterocycles.